The number of amides is 1. The fourth-order valence-corrected chi connectivity index (χ4v) is 1.33. The van der Waals surface area contributed by atoms with E-state index in [9.17, 15) is 9.59 Å². The average molecular weight is 245 g/mol. The van der Waals surface area contributed by atoms with E-state index in [1.54, 1.807) is 27.7 Å². The zero-order valence-electron chi connectivity index (χ0n) is 11.2. The Morgan fingerprint density at radius 1 is 1.35 bits per heavy atom. The Bertz CT molecular complexity index is 270. The summed E-state index contributed by atoms with van der Waals surface area (Å²) in [7, 11) is 0. The van der Waals surface area contributed by atoms with Gasteiger partial charge >= 0.3 is 12.1 Å². The molecular formula is C12H23NO4. The van der Waals surface area contributed by atoms with Gasteiger partial charge in [-0.15, -0.1) is 0 Å². The number of carboxylic acids is 1. The molecule has 0 aliphatic rings. The van der Waals surface area contributed by atoms with Gasteiger partial charge in [-0.25, -0.2) is 4.79 Å². The summed E-state index contributed by atoms with van der Waals surface area (Å²) in [6, 6.07) is -0.170. The molecule has 1 unspecified atom stereocenters. The summed E-state index contributed by atoms with van der Waals surface area (Å²) >= 11 is 0. The summed E-state index contributed by atoms with van der Waals surface area (Å²) in [4.78, 5) is 22.2. The van der Waals surface area contributed by atoms with Crippen molar-refractivity contribution in [3.8, 4) is 0 Å². The molecule has 0 aromatic heterocycles. The summed E-state index contributed by atoms with van der Waals surface area (Å²) in [6.45, 7) is 8.88. The van der Waals surface area contributed by atoms with Crippen molar-refractivity contribution in [3.05, 3.63) is 0 Å². The van der Waals surface area contributed by atoms with Crippen LogP contribution in [0.15, 0.2) is 0 Å². The van der Waals surface area contributed by atoms with Crippen molar-refractivity contribution < 1.29 is 19.4 Å². The molecule has 2 atom stereocenters. The fourth-order valence-electron chi connectivity index (χ4n) is 1.33. The number of carbonyl (C=O) groups is 2. The lowest BCUT2D eigenvalue weighted by atomic mass is 10.0. The molecule has 1 amide bonds. The molecule has 0 aliphatic heterocycles. The van der Waals surface area contributed by atoms with Crippen LogP contribution < -0.4 is 5.32 Å². The number of carbonyl (C=O) groups excluding carboxylic acids is 1. The van der Waals surface area contributed by atoms with Crippen LogP contribution >= 0.6 is 0 Å². The molecule has 100 valence electrons. The largest absolute Gasteiger partial charge is 0.481 e. The standard InChI is InChI=1S/C12H23NO4/c1-6-9(7-8(2)10(14)15)13-11(16)17-12(3,4)5/h8-9H,6-7H2,1-5H3,(H,13,16)(H,14,15)/t8?,9-/m0/s1. The smallest absolute Gasteiger partial charge is 0.407 e. The summed E-state index contributed by atoms with van der Waals surface area (Å²) in [5.41, 5.74) is -0.541. The van der Waals surface area contributed by atoms with E-state index in [2.05, 4.69) is 5.32 Å². The molecule has 0 aromatic carbocycles. The van der Waals surface area contributed by atoms with Crippen LogP contribution in [0.1, 0.15) is 47.5 Å². The number of ether oxygens (including phenoxy) is 1. The second-order valence-electron chi connectivity index (χ2n) is 5.23. The van der Waals surface area contributed by atoms with Gasteiger partial charge in [0.1, 0.15) is 5.60 Å². The highest BCUT2D eigenvalue weighted by atomic mass is 16.6. The number of nitrogens with one attached hydrogen (secondary N) is 1. The quantitative estimate of drug-likeness (QED) is 0.779. The van der Waals surface area contributed by atoms with Gasteiger partial charge in [-0.3, -0.25) is 4.79 Å². The van der Waals surface area contributed by atoms with E-state index in [0.717, 1.165) is 0 Å². The Morgan fingerprint density at radius 2 is 1.88 bits per heavy atom. The number of carboxylic acid groups (broad SMARTS) is 1. The molecule has 5 nitrogen and oxygen atoms in total. The van der Waals surface area contributed by atoms with Crippen molar-refractivity contribution in [2.24, 2.45) is 5.92 Å². The lowest BCUT2D eigenvalue weighted by Crippen LogP contribution is -2.40. The molecule has 0 fully saturated rings. The van der Waals surface area contributed by atoms with Crippen molar-refractivity contribution in [1.29, 1.82) is 0 Å². The molecule has 0 aliphatic carbocycles. The lowest BCUT2D eigenvalue weighted by Gasteiger charge is -2.23. The fraction of sp³-hybridized carbons (Fsp3) is 0.833. The Morgan fingerprint density at radius 3 is 2.24 bits per heavy atom. The van der Waals surface area contributed by atoms with E-state index < -0.39 is 23.6 Å². The van der Waals surface area contributed by atoms with Crippen LogP contribution in [0, 0.1) is 5.92 Å². The lowest BCUT2D eigenvalue weighted by molar-refractivity contribution is -0.141. The van der Waals surface area contributed by atoms with Crippen LogP contribution in [-0.2, 0) is 9.53 Å². The van der Waals surface area contributed by atoms with E-state index in [1.165, 1.54) is 0 Å². The zero-order valence-corrected chi connectivity index (χ0v) is 11.2. The molecule has 0 saturated heterocycles. The van der Waals surface area contributed by atoms with E-state index in [0.29, 0.717) is 12.8 Å². The first-order valence-electron chi connectivity index (χ1n) is 5.88. The highest BCUT2D eigenvalue weighted by molar-refractivity contribution is 5.70. The van der Waals surface area contributed by atoms with Gasteiger partial charge in [0.2, 0.25) is 0 Å². The molecule has 0 spiro atoms. The normalized spacial score (nSPS) is 14.9. The molecule has 0 bridgehead atoms. The van der Waals surface area contributed by atoms with E-state index in [-0.39, 0.29) is 6.04 Å². The summed E-state index contributed by atoms with van der Waals surface area (Å²) in [5, 5.41) is 11.5. The molecule has 0 radical (unpaired) electrons. The molecule has 0 heterocycles. The van der Waals surface area contributed by atoms with Crippen molar-refractivity contribution in [3.63, 3.8) is 0 Å². The molecule has 0 saturated carbocycles. The predicted octanol–water partition coefficient (Wildman–Crippen LogP) is 2.40. The molecule has 0 rings (SSSR count). The number of rotatable bonds is 5. The Balaban J connectivity index is 4.22. The Kier molecular flexibility index (Phi) is 5.99. The van der Waals surface area contributed by atoms with Crippen molar-refractivity contribution in [2.45, 2.75) is 59.1 Å². The average Bonchev–Trinajstić information content (AvgIpc) is 2.13. The Hall–Kier alpha value is -1.26. The minimum absolute atomic E-state index is 0.170. The summed E-state index contributed by atoms with van der Waals surface area (Å²) in [5.74, 6) is -1.33. The summed E-state index contributed by atoms with van der Waals surface area (Å²) < 4.78 is 5.11. The molecule has 0 aromatic rings. The van der Waals surface area contributed by atoms with Gasteiger partial charge in [0.25, 0.3) is 0 Å². The SMILES string of the molecule is CC[C@@H](CC(C)C(=O)O)NC(=O)OC(C)(C)C. The van der Waals surface area contributed by atoms with Crippen molar-refractivity contribution >= 4 is 12.1 Å². The second kappa shape index (κ2) is 6.47. The van der Waals surface area contributed by atoms with Gasteiger partial charge in [0, 0.05) is 6.04 Å². The number of aliphatic carboxylic acids is 1. The second-order valence-corrected chi connectivity index (χ2v) is 5.23. The van der Waals surface area contributed by atoms with E-state index in [4.69, 9.17) is 9.84 Å². The summed E-state index contributed by atoms with van der Waals surface area (Å²) in [6.07, 6.45) is 0.587. The maximum absolute atomic E-state index is 11.5. The van der Waals surface area contributed by atoms with Gasteiger partial charge in [-0.2, -0.15) is 0 Å². The Labute approximate surface area is 103 Å². The monoisotopic (exact) mass is 245 g/mol. The molecule has 17 heavy (non-hydrogen) atoms. The van der Waals surface area contributed by atoms with Crippen LogP contribution in [-0.4, -0.2) is 28.8 Å². The minimum Gasteiger partial charge on any atom is -0.481 e. The first kappa shape index (κ1) is 15.7. The zero-order chi connectivity index (χ0) is 13.6. The third-order valence-electron chi connectivity index (χ3n) is 2.27. The topological polar surface area (TPSA) is 75.6 Å². The molecule has 2 N–H and O–H groups in total. The first-order chi connectivity index (χ1) is 7.65. The highest BCUT2D eigenvalue weighted by Gasteiger charge is 2.21. The third kappa shape index (κ3) is 7.60. The van der Waals surface area contributed by atoms with E-state index in [1.807, 2.05) is 6.92 Å². The van der Waals surface area contributed by atoms with Gasteiger partial charge in [0.15, 0.2) is 0 Å². The number of hydrogen-bond donors (Lipinski definition) is 2. The van der Waals surface area contributed by atoms with Crippen LogP contribution in [0.4, 0.5) is 4.79 Å². The van der Waals surface area contributed by atoms with Crippen LogP contribution in [0.5, 0.6) is 0 Å². The van der Waals surface area contributed by atoms with Crippen LogP contribution in [0.25, 0.3) is 0 Å². The third-order valence-corrected chi connectivity index (χ3v) is 2.27. The number of hydrogen-bond acceptors (Lipinski definition) is 3. The van der Waals surface area contributed by atoms with Gasteiger partial charge in [-0.1, -0.05) is 13.8 Å². The van der Waals surface area contributed by atoms with Gasteiger partial charge in [0.05, 0.1) is 5.92 Å². The predicted molar refractivity (Wildman–Crippen MR) is 64.9 cm³/mol. The van der Waals surface area contributed by atoms with Crippen LogP contribution in [0.3, 0.4) is 0 Å². The number of alkyl carbamates (subject to hydrolysis) is 1. The van der Waals surface area contributed by atoms with Crippen LogP contribution in [0.2, 0.25) is 0 Å². The highest BCUT2D eigenvalue weighted by Crippen LogP contribution is 2.11. The van der Waals surface area contributed by atoms with Crippen molar-refractivity contribution in [2.75, 3.05) is 0 Å². The minimum atomic E-state index is -0.852. The first-order valence-corrected chi connectivity index (χ1v) is 5.88. The van der Waals surface area contributed by atoms with Crippen molar-refractivity contribution in [1.82, 2.24) is 5.32 Å². The maximum Gasteiger partial charge on any atom is 0.407 e. The molecular weight excluding hydrogens is 222 g/mol. The van der Waals surface area contributed by atoms with E-state index >= 15 is 0 Å². The van der Waals surface area contributed by atoms with Gasteiger partial charge in [-0.05, 0) is 33.6 Å². The van der Waals surface area contributed by atoms with Gasteiger partial charge < -0.3 is 15.2 Å². The maximum atomic E-state index is 11.5. The molecule has 5 heteroatoms.